The molecule has 1 aliphatic heterocycles. The fraction of sp³-hybridized carbons (Fsp3) is 0.364. The first-order valence-corrected chi connectivity index (χ1v) is 4.71. The van der Waals surface area contributed by atoms with Gasteiger partial charge < -0.3 is 9.47 Å². The zero-order valence-electron chi connectivity index (χ0n) is 8.33. The third-order valence-corrected chi connectivity index (χ3v) is 2.22. The minimum atomic E-state index is -0.433. The zero-order chi connectivity index (χ0) is 10.8. The summed E-state index contributed by atoms with van der Waals surface area (Å²) in [4.78, 5) is 11.2. The van der Waals surface area contributed by atoms with Gasteiger partial charge in [0.05, 0.1) is 18.8 Å². The maximum absolute atomic E-state index is 12.9. The number of benzene rings is 1. The highest BCUT2D eigenvalue weighted by atomic mass is 19.1. The lowest BCUT2D eigenvalue weighted by molar-refractivity contribution is -0.0798. The van der Waals surface area contributed by atoms with Crippen molar-refractivity contribution in [1.29, 1.82) is 0 Å². The van der Waals surface area contributed by atoms with Gasteiger partial charge in [-0.1, -0.05) is 0 Å². The van der Waals surface area contributed by atoms with Crippen molar-refractivity contribution in [1.82, 2.24) is 0 Å². The van der Waals surface area contributed by atoms with Crippen molar-refractivity contribution < 1.29 is 18.7 Å². The average molecular weight is 210 g/mol. The Bertz CT molecular complexity index is 385. The van der Waals surface area contributed by atoms with Gasteiger partial charge in [-0.25, -0.2) is 4.39 Å². The van der Waals surface area contributed by atoms with Crippen molar-refractivity contribution in [3.63, 3.8) is 0 Å². The Hall–Kier alpha value is -1.42. The highest BCUT2D eigenvalue weighted by Crippen LogP contribution is 2.23. The minimum absolute atomic E-state index is 0.0199. The molecule has 0 bridgehead atoms. The number of hydrogen-bond donors (Lipinski definition) is 0. The standard InChI is InChI=1S/C11H11FO3/c1-7(13)10-4-8(12)2-3-11(10)15-9-5-14-6-9/h2-4,9H,5-6H2,1H3. The van der Waals surface area contributed by atoms with Crippen molar-refractivity contribution in [2.24, 2.45) is 0 Å². The molecule has 1 heterocycles. The number of halogens is 1. The first-order chi connectivity index (χ1) is 7.16. The highest BCUT2D eigenvalue weighted by molar-refractivity contribution is 5.96. The van der Waals surface area contributed by atoms with Crippen LogP contribution in [0.4, 0.5) is 4.39 Å². The Kier molecular flexibility index (Phi) is 2.68. The van der Waals surface area contributed by atoms with Crippen LogP contribution in [0.15, 0.2) is 18.2 Å². The molecule has 0 aliphatic carbocycles. The zero-order valence-corrected chi connectivity index (χ0v) is 8.33. The smallest absolute Gasteiger partial charge is 0.163 e. The topological polar surface area (TPSA) is 35.5 Å². The molecule has 1 aliphatic rings. The number of ether oxygens (including phenoxy) is 2. The summed E-state index contributed by atoms with van der Waals surface area (Å²) in [7, 11) is 0. The maximum atomic E-state index is 12.9. The first kappa shape index (κ1) is 10.1. The van der Waals surface area contributed by atoms with E-state index in [1.54, 1.807) is 0 Å². The van der Waals surface area contributed by atoms with Crippen LogP contribution >= 0.6 is 0 Å². The van der Waals surface area contributed by atoms with Crippen molar-refractivity contribution in [3.8, 4) is 5.75 Å². The van der Waals surface area contributed by atoms with Crippen LogP contribution in [0.2, 0.25) is 0 Å². The third-order valence-electron chi connectivity index (χ3n) is 2.22. The first-order valence-electron chi connectivity index (χ1n) is 4.71. The monoisotopic (exact) mass is 210 g/mol. The molecule has 0 amide bonds. The van der Waals surface area contributed by atoms with Crippen molar-refractivity contribution in [2.45, 2.75) is 13.0 Å². The Morgan fingerprint density at radius 3 is 2.80 bits per heavy atom. The molecule has 4 heteroatoms. The molecular weight excluding hydrogens is 199 g/mol. The highest BCUT2D eigenvalue weighted by Gasteiger charge is 2.22. The van der Waals surface area contributed by atoms with Crippen LogP contribution in [0.3, 0.4) is 0 Å². The van der Waals surface area contributed by atoms with Gasteiger partial charge in [-0.15, -0.1) is 0 Å². The lowest BCUT2D eigenvalue weighted by Crippen LogP contribution is -2.38. The van der Waals surface area contributed by atoms with Crippen LogP contribution in [0.1, 0.15) is 17.3 Å². The van der Waals surface area contributed by atoms with Crippen molar-refractivity contribution in [2.75, 3.05) is 13.2 Å². The third kappa shape index (κ3) is 2.15. The predicted molar refractivity (Wildman–Crippen MR) is 51.6 cm³/mol. The quantitative estimate of drug-likeness (QED) is 0.714. The Morgan fingerprint density at radius 1 is 1.53 bits per heavy atom. The van der Waals surface area contributed by atoms with E-state index in [2.05, 4.69) is 0 Å². The number of carbonyl (C=O) groups excluding carboxylic acids is 1. The van der Waals surface area contributed by atoms with E-state index in [-0.39, 0.29) is 17.5 Å². The number of hydrogen-bond acceptors (Lipinski definition) is 3. The molecule has 1 aromatic carbocycles. The lowest BCUT2D eigenvalue weighted by Gasteiger charge is -2.27. The van der Waals surface area contributed by atoms with Gasteiger partial charge in [0.25, 0.3) is 0 Å². The van der Waals surface area contributed by atoms with Gasteiger partial charge in [0.15, 0.2) is 5.78 Å². The molecular formula is C11H11FO3. The van der Waals surface area contributed by atoms with E-state index in [9.17, 15) is 9.18 Å². The van der Waals surface area contributed by atoms with Crippen LogP contribution in [0, 0.1) is 5.82 Å². The minimum Gasteiger partial charge on any atom is -0.485 e. The van der Waals surface area contributed by atoms with Gasteiger partial charge in [0.1, 0.15) is 17.7 Å². The lowest BCUT2D eigenvalue weighted by atomic mass is 10.1. The number of ketones is 1. The molecule has 0 saturated carbocycles. The van der Waals surface area contributed by atoms with E-state index in [1.165, 1.54) is 25.1 Å². The summed E-state index contributed by atoms with van der Waals surface area (Å²) in [6, 6.07) is 3.95. The molecule has 0 N–H and O–H groups in total. The second-order valence-electron chi connectivity index (χ2n) is 3.47. The second kappa shape index (κ2) is 3.98. The Balaban J connectivity index is 2.23. The van der Waals surface area contributed by atoms with Gasteiger partial charge >= 0.3 is 0 Å². The average Bonchev–Trinajstić information content (AvgIpc) is 2.12. The summed E-state index contributed by atoms with van der Waals surface area (Å²) < 4.78 is 23.3. The van der Waals surface area contributed by atoms with Gasteiger partial charge in [-0.05, 0) is 25.1 Å². The molecule has 0 unspecified atom stereocenters. The molecule has 15 heavy (non-hydrogen) atoms. The molecule has 0 radical (unpaired) electrons. The van der Waals surface area contributed by atoms with E-state index < -0.39 is 5.82 Å². The van der Waals surface area contributed by atoms with Crippen LogP contribution in [0.25, 0.3) is 0 Å². The van der Waals surface area contributed by atoms with Crippen molar-refractivity contribution >= 4 is 5.78 Å². The molecule has 1 fully saturated rings. The molecule has 80 valence electrons. The van der Waals surface area contributed by atoms with E-state index >= 15 is 0 Å². The summed E-state index contributed by atoms with van der Waals surface area (Å²) in [6.45, 7) is 2.43. The summed E-state index contributed by atoms with van der Waals surface area (Å²) >= 11 is 0. The van der Waals surface area contributed by atoms with E-state index in [1.807, 2.05) is 0 Å². The fourth-order valence-corrected chi connectivity index (χ4v) is 1.34. The fourth-order valence-electron chi connectivity index (χ4n) is 1.34. The van der Waals surface area contributed by atoms with Crippen LogP contribution in [-0.4, -0.2) is 25.1 Å². The largest absolute Gasteiger partial charge is 0.485 e. The van der Waals surface area contributed by atoms with Gasteiger partial charge in [0.2, 0.25) is 0 Å². The Morgan fingerprint density at radius 2 is 2.27 bits per heavy atom. The summed E-state index contributed by atoms with van der Waals surface area (Å²) in [6.07, 6.45) is -0.0199. The maximum Gasteiger partial charge on any atom is 0.163 e. The molecule has 0 atom stereocenters. The van der Waals surface area contributed by atoms with E-state index in [0.717, 1.165) is 0 Å². The SMILES string of the molecule is CC(=O)c1cc(F)ccc1OC1COC1. The molecule has 1 saturated heterocycles. The summed E-state index contributed by atoms with van der Waals surface area (Å²) in [5, 5.41) is 0. The molecule has 0 aromatic heterocycles. The summed E-state index contributed by atoms with van der Waals surface area (Å²) in [5.74, 6) is -0.209. The van der Waals surface area contributed by atoms with Crippen molar-refractivity contribution in [3.05, 3.63) is 29.6 Å². The van der Waals surface area contributed by atoms with Gasteiger partial charge in [-0.2, -0.15) is 0 Å². The molecule has 1 aromatic rings. The Labute approximate surface area is 86.8 Å². The van der Waals surface area contributed by atoms with Crippen LogP contribution in [0.5, 0.6) is 5.75 Å². The van der Waals surface area contributed by atoms with Crippen LogP contribution in [-0.2, 0) is 4.74 Å². The van der Waals surface area contributed by atoms with E-state index in [0.29, 0.717) is 19.0 Å². The van der Waals surface area contributed by atoms with Gasteiger partial charge in [-0.3, -0.25) is 4.79 Å². The molecule has 2 rings (SSSR count). The van der Waals surface area contributed by atoms with E-state index in [4.69, 9.17) is 9.47 Å². The number of Topliss-reactive ketones (excluding diaryl/α,β-unsaturated/α-hetero) is 1. The normalized spacial score (nSPS) is 15.9. The summed E-state index contributed by atoms with van der Waals surface area (Å²) in [5.41, 5.74) is 0.280. The van der Waals surface area contributed by atoms with Crippen LogP contribution < -0.4 is 4.74 Å². The second-order valence-corrected chi connectivity index (χ2v) is 3.47. The molecule has 3 nitrogen and oxygen atoms in total. The number of carbonyl (C=O) groups is 1. The molecule has 0 spiro atoms. The number of rotatable bonds is 3. The predicted octanol–water partition coefficient (Wildman–Crippen LogP) is 1.81. The van der Waals surface area contributed by atoms with Gasteiger partial charge in [0, 0.05) is 0 Å².